The summed E-state index contributed by atoms with van der Waals surface area (Å²) < 4.78 is 26.0. The van der Waals surface area contributed by atoms with Gasteiger partial charge in [-0.15, -0.1) is 0 Å². The van der Waals surface area contributed by atoms with E-state index in [2.05, 4.69) is 6.08 Å². The van der Waals surface area contributed by atoms with Crippen LogP contribution in [-0.2, 0) is 0 Å². The molecule has 158 valence electrons. The molecule has 1 aromatic rings. The molecular weight excluding hydrogens is 364 g/mol. The molecule has 2 aliphatic rings. The monoisotopic (exact) mass is 399 g/mol. The van der Waals surface area contributed by atoms with Crippen LogP contribution in [0.4, 0.5) is 8.78 Å². The Bertz CT molecular complexity index is 689. The summed E-state index contributed by atoms with van der Waals surface area (Å²) >= 11 is 0. The SMILES string of the molecule is N#Cc1ccc([C@H]2CC[C@H](CC[C@H]3CC[C@H](CC=CCCF)CC3)CC2)cc1F. The average molecular weight is 400 g/mol. The van der Waals surface area contributed by atoms with Crippen molar-refractivity contribution in [1.29, 1.82) is 5.26 Å². The van der Waals surface area contributed by atoms with Crippen LogP contribution in [0.25, 0.3) is 0 Å². The van der Waals surface area contributed by atoms with Crippen LogP contribution < -0.4 is 0 Å². The van der Waals surface area contributed by atoms with Crippen LogP contribution in [-0.4, -0.2) is 6.67 Å². The van der Waals surface area contributed by atoms with E-state index in [1.807, 2.05) is 18.2 Å². The zero-order chi connectivity index (χ0) is 20.5. The second kappa shape index (κ2) is 11.5. The van der Waals surface area contributed by atoms with Crippen LogP contribution in [0.1, 0.15) is 94.1 Å². The first-order valence-electron chi connectivity index (χ1n) is 11.6. The normalized spacial score (nSPS) is 27.8. The van der Waals surface area contributed by atoms with Crippen LogP contribution >= 0.6 is 0 Å². The van der Waals surface area contributed by atoms with Gasteiger partial charge in [0, 0.05) is 0 Å². The number of benzene rings is 1. The van der Waals surface area contributed by atoms with E-state index >= 15 is 0 Å². The summed E-state index contributed by atoms with van der Waals surface area (Å²) in [5.74, 6) is 2.61. The van der Waals surface area contributed by atoms with Gasteiger partial charge in [-0.25, -0.2) is 4.39 Å². The van der Waals surface area contributed by atoms with Crippen molar-refractivity contribution in [3.63, 3.8) is 0 Å². The number of halogens is 2. The Morgan fingerprint density at radius 3 is 2.10 bits per heavy atom. The second-order valence-corrected chi connectivity index (χ2v) is 9.22. The van der Waals surface area contributed by atoms with E-state index in [4.69, 9.17) is 5.26 Å². The Morgan fingerprint density at radius 2 is 1.52 bits per heavy atom. The molecule has 0 aliphatic heterocycles. The van der Waals surface area contributed by atoms with Crippen LogP contribution in [0.2, 0.25) is 0 Å². The number of nitriles is 1. The number of hydrogen-bond acceptors (Lipinski definition) is 1. The summed E-state index contributed by atoms with van der Waals surface area (Å²) in [6, 6.07) is 7.06. The first-order chi connectivity index (χ1) is 14.2. The maximum absolute atomic E-state index is 13.9. The number of nitrogens with zero attached hydrogens (tertiary/aromatic N) is 1. The molecule has 2 aliphatic carbocycles. The van der Waals surface area contributed by atoms with Crippen molar-refractivity contribution in [2.75, 3.05) is 6.67 Å². The molecule has 2 saturated carbocycles. The van der Waals surface area contributed by atoms with E-state index < -0.39 is 0 Å². The minimum absolute atomic E-state index is 0.146. The summed E-state index contributed by atoms with van der Waals surface area (Å²) in [5.41, 5.74) is 1.21. The number of rotatable bonds is 8. The van der Waals surface area contributed by atoms with E-state index in [-0.39, 0.29) is 18.1 Å². The zero-order valence-corrected chi connectivity index (χ0v) is 17.6. The average Bonchev–Trinajstić information content (AvgIpc) is 2.76. The Morgan fingerprint density at radius 1 is 0.897 bits per heavy atom. The van der Waals surface area contributed by atoms with Crippen molar-refractivity contribution >= 4 is 0 Å². The minimum Gasteiger partial charge on any atom is -0.251 e. The minimum atomic E-state index is -0.374. The Labute approximate surface area is 175 Å². The number of alkyl halides is 1. The molecule has 0 atom stereocenters. The highest BCUT2D eigenvalue weighted by atomic mass is 19.1. The Kier molecular flexibility index (Phi) is 8.71. The van der Waals surface area contributed by atoms with E-state index in [0.717, 1.165) is 42.6 Å². The highest BCUT2D eigenvalue weighted by Gasteiger charge is 2.25. The molecule has 0 N–H and O–H groups in total. The molecule has 0 spiro atoms. The quantitative estimate of drug-likeness (QED) is 0.408. The predicted molar refractivity (Wildman–Crippen MR) is 115 cm³/mol. The molecular formula is C26H35F2N. The lowest BCUT2D eigenvalue weighted by atomic mass is 9.74. The van der Waals surface area contributed by atoms with Gasteiger partial charge >= 0.3 is 0 Å². The molecule has 0 heterocycles. The molecule has 0 aromatic heterocycles. The summed E-state index contributed by atoms with van der Waals surface area (Å²) in [6.07, 6.45) is 18.8. The molecule has 0 amide bonds. The lowest BCUT2D eigenvalue weighted by molar-refractivity contribution is 0.231. The van der Waals surface area contributed by atoms with Gasteiger partial charge in [-0.2, -0.15) is 5.26 Å². The summed E-state index contributed by atoms with van der Waals surface area (Å²) in [6.45, 7) is -0.241. The maximum atomic E-state index is 13.9. The van der Waals surface area contributed by atoms with Crippen LogP contribution in [0.3, 0.4) is 0 Å². The molecule has 0 unspecified atom stereocenters. The van der Waals surface area contributed by atoms with Crippen LogP contribution in [0.15, 0.2) is 30.4 Å². The molecule has 29 heavy (non-hydrogen) atoms. The molecule has 0 bridgehead atoms. The fraction of sp³-hybridized carbons (Fsp3) is 0.654. The van der Waals surface area contributed by atoms with Crippen molar-refractivity contribution < 1.29 is 8.78 Å². The fourth-order valence-electron chi connectivity index (χ4n) is 5.36. The number of hydrogen-bond donors (Lipinski definition) is 0. The van der Waals surface area contributed by atoms with Gasteiger partial charge in [0.25, 0.3) is 0 Å². The van der Waals surface area contributed by atoms with Crippen LogP contribution in [0.5, 0.6) is 0 Å². The van der Waals surface area contributed by atoms with Gasteiger partial charge in [0.2, 0.25) is 0 Å². The first-order valence-corrected chi connectivity index (χ1v) is 11.6. The third kappa shape index (κ3) is 6.66. The lowest BCUT2D eigenvalue weighted by Crippen LogP contribution is -2.17. The van der Waals surface area contributed by atoms with E-state index in [0.29, 0.717) is 12.3 Å². The smallest absolute Gasteiger partial charge is 0.141 e. The van der Waals surface area contributed by atoms with Crippen molar-refractivity contribution in [1.82, 2.24) is 0 Å². The Hall–Kier alpha value is -1.69. The summed E-state index contributed by atoms with van der Waals surface area (Å²) in [5, 5.41) is 8.89. The van der Waals surface area contributed by atoms with E-state index in [9.17, 15) is 8.78 Å². The highest BCUT2D eigenvalue weighted by molar-refractivity contribution is 5.34. The molecule has 3 rings (SSSR count). The zero-order valence-electron chi connectivity index (χ0n) is 17.6. The standard InChI is InChI=1S/C26H35F2N/c27-17-3-1-2-4-20-5-7-21(8-6-20)9-10-22-11-13-23(14-12-22)24-15-16-25(19-29)26(28)18-24/h1-2,15-16,18,20-23H,3-14,17H2/t20-,21-,22-,23-. The highest BCUT2D eigenvalue weighted by Crippen LogP contribution is 2.40. The molecule has 3 heteroatoms. The van der Waals surface area contributed by atoms with Crippen molar-refractivity contribution in [2.24, 2.45) is 17.8 Å². The Balaban J connectivity index is 1.34. The maximum Gasteiger partial charge on any atom is 0.141 e. The second-order valence-electron chi connectivity index (χ2n) is 9.22. The van der Waals surface area contributed by atoms with Gasteiger partial charge < -0.3 is 0 Å². The number of allylic oxidation sites excluding steroid dienone is 2. The van der Waals surface area contributed by atoms with Gasteiger partial charge in [0.15, 0.2) is 0 Å². The molecule has 2 fully saturated rings. The fourth-order valence-corrected chi connectivity index (χ4v) is 5.36. The third-order valence-electron chi connectivity index (χ3n) is 7.29. The van der Waals surface area contributed by atoms with Gasteiger partial charge in [-0.1, -0.05) is 43.9 Å². The summed E-state index contributed by atoms with van der Waals surface area (Å²) in [4.78, 5) is 0. The van der Waals surface area contributed by atoms with E-state index in [1.165, 1.54) is 51.4 Å². The van der Waals surface area contributed by atoms with Gasteiger partial charge in [0.05, 0.1) is 12.2 Å². The van der Waals surface area contributed by atoms with Gasteiger partial charge in [-0.05, 0) is 92.7 Å². The van der Waals surface area contributed by atoms with Crippen molar-refractivity contribution in [3.05, 3.63) is 47.3 Å². The lowest BCUT2D eigenvalue weighted by Gasteiger charge is -2.32. The van der Waals surface area contributed by atoms with Crippen LogP contribution in [0, 0.1) is 34.9 Å². The topological polar surface area (TPSA) is 23.8 Å². The van der Waals surface area contributed by atoms with Crippen molar-refractivity contribution in [3.8, 4) is 6.07 Å². The first kappa shape index (κ1) is 22.0. The summed E-state index contributed by atoms with van der Waals surface area (Å²) in [7, 11) is 0. The van der Waals surface area contributed by atoms with E-state index in [1.54, 1.807) is 12.1 Å². The largest absolute Gasteiger partial charge is 0.251 e. The van der Waals surface area contributed by atoms with Gasteiger partial charge in [0.1, 0.15) is 11.9 Å². The molecule has 0 radical (unpaired) electrons. The third-order valence-corrected chi connectivity index (χ3v) is 7.29. The molecule has 1 nitrogen and oxygen atoms in total. The van der Waals surface area contributed by atoms with Gasteiger partial charge in [-0.3, -0.25) is 4.39 Å². The molecule has 1 aromatic carbocycles. The predicted octanol–water partition coefficient (Wildman–Crippen LogP) is 7.86. The van der Waals surface area contributed by atoms with Crippen molar-refractivity contribution in [2.45, 2.75) is 83.0 Å². The molecule has 0 saturated heterocycles.